The molecule has 0 amide bonds. The molecule has 0 saturated carbocycles. The average Bonchev–Trinajstić information content (AvgIpc) is 2.40. The number of hydrogen-bond acceptors (Lipinski definition) is 3. The van der Waals surface area contributed by atoms with Gasteiger partial charge in [-0.15, -0.1) is 0 Å². The molecule has 0 unspecified atom stereocenters. The molecule has 4 nitrogen and oxygen atoms in total. The second kappa shape index (κ2) is 7.31. The van der Waals surface area contributed by atoms with Gasteiger partial charge in [-0.25, -0.2) is 5.11 Å². The van der Waals surface area contributed by atoms with E-state index < -0.39 is 0 Å². The first-order valence-corrected chi connectivity index (χ1v) is 6.99. The van der Waals surface area contributed by atoms with Crippen LogP contribution in [0.2, 0.25) is 0 Å². The molecule has 2 saturated heterocycles. The van der Waals surface area contributed by atoms with Crippen molar-refractivity contribution in [3.05, 3.63) is 0 Å². The SMILES string of the molecule is [O]CCC1CCN(CCN2CCOCC2)CC1. The Morgan fingerprint density at radius 3 is 2.12 bits per heavy atom. The number of piperidine rings is 1. The molecule has 2 heterocycles. The van der Waals surface area contributed by atoms with Gasteiger partial charge in [0.2, 0.25) is 0 Å². The van der Waals surface area contributed by atoms with Gasteiger partial charge in [0.1, 0.15) is 0 Å². The van der Waals surface area contributed by atoms with Crippen LogP contribution >= 0.6 is 0 Å². The Hall–Kier alpha value is -0.160. The summed E-state index contributed by atoms with van der Waals surface area (Å²) < 4.78 is 5.35. The molecule has 0 bridgehead atoms. The molecule has 2 aliphatic rings. The highest BCUT2D eigenvalue weighted by molar-refractivity contribution is 4.73. The predicted molar refractivity (Wildman–Crippen MR) is 66.6 cm³/mol. The lowest BCUT2D eigenvalue weighted by atomic mass is 9.94. The third-order valence-electron chi connectivity index (χ3n) is 4.07. The summed E-state index contributed by atoms with van der Waals surface area (Å²) in [6.07, 6.45) is 3.34. The van der Waals surface area contributed by atoms with E-state index in [4.69, 9.17) is 4.74 Å². The van der Waals surface area contributed by atoms with Gasteiger partial charge in [0.05, 0.1) is 19.8 Å². The Balaban J connectivity index is 1.57. The molecule has 2 fully saturated rings. The van der Waals surface area contributed by atoms with Crippen LogP contribution in [0.15, 0.2) is 0 Å². The Labute approximate surface area is 105 Å². The highest BCUT2D eigenvalue weighted by Crippen LogP contribution is 2.19. The first-order valence-electron chi connectivity index (χ1n) is 6.99. The number of likely N-dealkylation sites (tertiary alicyclic amines) is 1. The predicted octanol–water partition coefficient (Wildman–Crippen LogP) is 0.851. The van der Waals surface area contributed by atoms with E-state index in [-0.39, 0.29) is 6.61 Å². The molecule has 0 atom stereocenters. The molecule has 0 aromatic heterocycles. The van der Waals surface area contributed by atoms with Gasteiger partial charge in [-0.3, -0.25) is 4.90 Å². The Bertz CT molecular complexity index is 200. The maximum Gasteiger partial charge on any atom is 0.0825 e. The maximum atomic E-state index is 10.6. The van der Waals surface area contributed by atoms with Gasteiger partial charge < -0.3 is 9.64 Å². The number of rotatable bonds is 5. The van der Waals surface area contributed by atoms with Crippen LogP contribution in [0.25, 0.3) is 0 Å². The van der Waals surface area contributed by atoms with E-state index in [1.807, 2.05) is 0 Å². The van der Waals surface area contributed by atoms with E-state index in [9.17, 15) is 5.11 Å². The van der Waals surface area contributed by atoms with E-state index in [0.717, 1.165) is 32.7 Å². The molecular formula is C13H25N2O2. The molecule has 0 aromatic carbocycles. The summed E-state index contributed by atoms with van der Waals surface area (Å²) in [6, 6.07) is 0. The maximum absolute atomic E-state index is 10.6. The fraction of sp³-hybridized carbons (Fsp3) is 1.00. The van der Waals surface area contributed by atoms with Crippen LogP contribution in [0.1, 0.15) is 19.3 Å². The van der Waals surface area contributed by atoms with Gasteiger partial charge >= 0.3 is 0 Å². The van der Waals surface area contributed by atoms with Crippen molar-refractivity contribution in [2.45, 2.75) is 19.3 Å². The van der Waals surface area contributed by atoms with Crippen LogP contribution < -0.4 is 0 Å². The van der Waals surface area contributed by atoms with Crippen LogP contribution in [0.4, 0.5) is 0 Å². The first kappa shape index (κ1) is 13.3. The quantitative estimate of drug-likeness (QED) is 0.716. The second-order valence-electron chi connectivity index (χ2n) is 5.23. The van der Waals surface area contributed by atoms with Gasteiger partial charge in [-0.2, -0.15) is 0 Å². The fourth-order valence-corrected chi connectivity index (χ4v) is 2.77. The molecule has 0 aromatic rings. The molecule has 0 N–H and O–H groups in total. The van der Waals surface area contributed by atoms with Crippen molar-refractivity contribution in [3.63, 3.8) is 0 Å². The van der Waals surface area contributed by atoms with Gasteiger partial charge in [-0.1, -0.05) is 0 Å². The summed E-state index contributed by atoms with van der Waals surface area (Å²) >= 11 is 0. The smallest absolute Gasteiger partial charge is 0.0825 e. The van der Waals surface area contributed by atoms with E-state index >= 15 is 0 Å². The Morgan fingerprint density at radius 1 is 0.941 bits per heavy atom. The molecule has 0 spiro atoms. The molecule has 2 aliphatic heterocycles. The van der Waals surface area contributed by atoms with Crippen molar-refractivity contribution in [2.24, 2.45) is 5.92 Å². The van der Waals surface area contributed by atoms with Crippen molar-refractivity contribution in [3.8, 4) is 0 Å². The fourth-order valence-electron chi connectivity index (χ4n) is 2.77. The summed E-state index contributed by atoms with van der Waals surface area (Å²) in [5, 5.41) is 10.6. The summed E-state index contributed by atoms with van der Waals surface area (Å²) in [5.74, 6) is 0.701. The summed E-state index contributed by atoms with van der Waals surface area (Å²) in [7, 11) is 0. The standard InChI is InChI=1S/C13H25N2O2/c16-10-3-13-1-4-14(5-2-13)6-7-15-8-11-17-12-9-15/h13H,1-12H2. The third-order valence-corrected chi connectivity index (χ3v) is 4.07. The molecule has 17 heavy (non-hydrogen) atoms. The number of ether oxygens (including phenoxy) is 1. The zero-order valence-electron chi connectivity index (χ0n) is 10.8. The first-order chi connectivity index (χ1) is 8.38. The van der Waals surface area contributed by atoms with Crippen molar-refractivity contribution >= 4 is 0 Å². The molecule has 4 heteroatoms. The highest BCUT2D eigenvalue weighted by Gasteiger charge is 2.19. The lowest BCUT2D eigenvalue weighted by Crippen LogP contribution is -2.43. The molecule has 0 aliphatic carbocycles. The van der Waals surface area contributed by atoms with Crippen molar-refractivity contribution < 1.29 is 9.84 Å². The minimum absolute atomic E-state index is 0.110. The monoisotopic (exact) mass is 241 g/mol. The van der Waals surface area contributed by atoms with Crippen LogP contribution in [0.3, 0.4) is 0 Å². The lowest BCUT2D eigenvalue weighted by Gasteiger charge is -2.34. The van der Waals surface area contributed by atoms with Gasteiger partial charge in [0.15, 0.2) is 0 Å². The van der Waals surface area contributed by atoms with Crippen LogP contribution in [-0.4, -0.2) is 68.9 Å². The molecule has 2 rings (SSSR count). The van der Waals surface area contributed by atoms with E-state index in [1.165, 1.54) is 39.0 Å². The second-order valence-corrected chi connectivity index (χ2v) is 5.23. The van der Waals surface area contributed by atoms with Crippen molar-refractivity contribution in [2.75, 3.05) is 59.1 Å². The van der Waals surface area contributed by atoms with Crippen LogP contribution in [0, 0.1) is 5.92 Å². The Kier molecular flexibility index (Phi) is 5.71. The van der Waals surface area contributed by atoms with E-state index in [1.54, 1.807) is 0 Å². The van der Waals surface area contributed by atoms with Gasteiger partial charge in [0.25, 0.3) is 0 Å². The van der Waals surface area contributed by atoms with Crippen LogP contribution in [0.5, 0.6) is 0 Å². The number of hydrogen-bond donors (Lipinski definition) is 0. The summed E-state index contributed by atoms with van der Waals surface area (Å²) in [4.78, 5) is 5.05. The molecular weight excluding hydrogens is 216 g/mol. The zero-order chi connectivity index (χ0) is 11.9. The minimum Gasteiger partial charge on any atom is -0.379 e. The number of nitrogens with zero attached hydrogens (tertiary/aromatic N) is 2. The third kappa shape index (κ3) is 4.54. The highest BCUT2D eigenvalue weighted by atomic mass is 16.5. The molecule has 1 radical (unpaired) electrons. The van der Waals surface area contributed by atoms with E-state index in [0.29, 0.717) is 5.92 Å². The van der Waals surface area contributed by atoms with Crippen molar-refractivity contribution in [1.29, 1.82) is 0 Å². The summed E-state index contributed by atoms with van der Waals surface area (Å²) in [6.45, 7) is 8.82. The topological polar surface area (TPSA) is 35.6 Å². The Morgan fingerprint density at radius 2 is 1.53 bits per heavy atom. The lowest BCUT2D eigenvalue weighted by molar-refractivity contribution is 0.0309. The number of morpholine rings is 1. The average molecular weight is 241 g/mol. The van der Waals surface area contributed by atoms with E-state index in [2.05, 4.69) is 9.80 Å². The normalized spacial score (nSPS) is 25.2. The van der Waals surface area contributed by atoms with Crippen LogP contribution in [-0.2, 0) is 9.84 Å². The zero-order valence-corrected chi connectivity index (χ0v) is 10.8. The molecule has 99 valence electrons. The van der Waals surface area contributed by atoms with Gasteiger partial charge in [-0.05, 0) is 38.3 Å². The largest absolute Gasteiger partial charge is 0.379 e. The van der Waals surface area contributed by atoms with Crippen molar-refractivity contribution in [1.82, 2.24) is 9.80 Å². The summed E-state index contributed by atoms with van der Waals surface area (Å²) in [5.41, 5.74) is 0. The van der Waals surface area contributed by atoms with Gasteiger partial charge in [0, 0.05) is 26.2 Å². The minimum atomic E-state index is 0.110.